The summed E-state index contributed by atoms with van der Waals surface area (Å²) >= 11 is 0. The molecule has 2 aliphatic rings. The van der Waals surface area contributed by atoms with E-state index in [9.17, 15) is 4.79 Å². The maximum atomic E-state index is 12.8. The van der Waals surface area contributed by atoms with Crippen LogP contribution >= 0.6 is 0 Å². The molecule has 2 fully saturated rings. The molecule has 1 saturated carbocycles. The van der Waals surface area contributed by atoms with Crippen molar-refractivity contribution < 1.29 is 14.3 Å². The monoisotopic (exact) mass is 332 g/mol. The largest absolute Gasteiger partial charge is 0.497 e. The SMILES string of the molecule is COc1ccc(CN(C)CC(=O)N2CCOC3CCCCC32)cc1. The van der Waals surface area contributed by atoms with Crippen molar-refractivity contribution in [3.05, 3.63) is 29.8 Å². The Kier molecular flexibility index (Phi) is 5.74. The number of ether oxygens (including phenoxy) is 2. The Hall–Kier alpha value is -1.59. The molecule has 0 spiro atoms. The van der Waals surface area contributed by atoms with Crippen LogP contribution in [0, 0.1) is 0 Å². The number of amides is 1. The number of nitrogens with zero attached hydrogens (tertiary/aromatic N) is 2. The van der Waals surface area contributed by atoms with Gasteiger partial charge in [0.25, 0.3) is 0 Å². The third kappa shape index (κ3) is 4.08. The van der Waals surface area contributed by atoms with Gasteiger partial charge in [0, 0.05) is 13.1 Å². The van der Waals surface area contributed by atoms with E-state index in [0.717, 1.165) is 31.7 Å². The van der Waals surface area contributed by atoms with Crippen LogP contribution < -0.4 is 4.74 Å². The number of morpholine rings is 1. The van der Waals surface area contributed by atoms with Crippen molar-refractivity contribution in [2.24, 2.45) is 0 Å². The predicted octanol–water partition coefficient (Wildman–Crippen LogP) is 2.30. The zero-order valence-corrected chi connectivity index (χ0v) is 14.7. The second kappa shape index (κ2) is 7.99. The highest BCUT2D eigenvalue weighted by Gasteiger charge is 2.36. The molecule has 0 bridgehead atoms. The van der Waals surface area contributed by atoms with E-state index in [-0.39, 0.29) is 18.1 Å². The predicted molar refractivity (Wildman–Crippen MR) is 93.0 cm³/mol. The van der Waals surface area contributed by atoms with E-state index in [0.29, 0.717) is 13.2 Å². The first-order valence-electron chi connectivity index (χ1n) is 8.90. The molecule has 24 heavy (non-hydrogen) atoms. The Morgan fingerprint density at radius 3 is 2.79 bits per heavy atom. The van der Waals surface area contributed by atoms with Crippen LogP contribution in [0.5, 0.6) is 5.75 Å². The molecule has 3 rings (SSSR count). The van der Waals surface area contributed by atoms with Gasteiger partial charge in [0.2, 0.25) is 5.91 Å². The second-order valence-corrected chi connectivity index (χ2v) is 6.87. The van der Waals surface area contributed by atoms with Crippen molar-refractivity contribution in [3.8, 4) is 5.75 Å². The Balaban J connectivity index is 1.54. The van der Waals surface area contributed by atoms with E-state index in [4.69, 9.17) is 9.47 Å². The van der Waals surface area contributed by atoms with E-state index >= 15 is 0 Å². The summed E-state index contributed by atoms with van der Waals surface area (Å²) in [6.45, 7) is 2.62. The maximum absolute atomic E-state index is 12.8. The average molecular weight is 332 g/mol. The summed E-state index contributed by atoms with van der Waals surface area (Å²) in [6, 6.07) is 8.30. The summed E-state index contributed by atoms with van der Waals surface area (Å²) in [5, 5.41) is 0. The fraction of sp³-hybridized carbons (Fsp3) is 0.632. The molecule has 132 valence electrons. The first-order chi connectivity index (χ1) is 11.7. The smallest absolute Gasteiger partial charge is 0.237 e. The fourth-order valence-corrected chi connectivity index (χ4v) is 3.83. The van der Waals surface area contributed by atoms with Crippen LogP contribution in [0.25, 0.3) is 0 Å². The normalized spacial score (nSPS) is 23.9. The summed E-state index contributed by atoms with van der Waals surface area (Å²) in [5.41, 5.74) is 1.18. The Labute approximate surface area is 144 Å². The highest BCUT2D eigenvalue weighted by Crippen LogP contribution is 2.28. The van der Waals surface area contributed by atoms with Crippen LogP contribution in [0.1, 0.15) is 31.2 Å². The number of carbonyl (C=O) groups excluding carboxylic acids is 1. The summed E-state index contributed by atoms with van der Waals surface area (Å²) < 4.78 is 11.0. The highest BCUT2D eigenvalue weighted by atomic mass is 16.5. The molecule has 5 nitrogen and oxygen atoms in total. The maximum Gasteiger partial charge on any atom is 0.237 e. The molecule has 0 N–H and O–H groups in total. The van der Waals surface area contributed by atoms with Gasteiger partial charge in [-0.1, -0.05) is 25.0 Å². The first kappa shape index (κ1) is 17.2. The van der Waals surface area contributed by atoms with Crippen molar-refractivity contribution in [1.29, 1.82) is 0 Å². The summed E-state index contributed by atoms with van der Waals surface area (Å²) in [4.78, 5) is 16.9. The van der Waals surface area contributed by atoms with Crippen LogP contribution in [-0.2, 0) is 16.1 Å². The zero-order valence-electron chi connectivity index (χ0n) is 14.7. The lowest BCUT2D eigenvalue weighted by Gasteiger charge is -2.44. The van der Waals surface area contributed by atoms with Gasteiger partial charge >= 0.3 is 0 Å². The van der Waals surface area contributed by atoms with E-state index in [1.54, 1.807) is 7.11 Å². The highest BCUT2D eigenvalue weighted by molar-refractivity contribution is 5.78. The van der Waals surface area contributed by atoms with Crippen molar-refractivity contribution in [3.63, 3.8) is 0 Å². The number of hydrogen-bond acceptors (Lipinski definition) is 4. The molecular weight excluding hydrogens is 304 g/mol. The van der Waals surface area contributed by atoms with Crippen LogP contribution in [0.15, 0.2) is 24.3 Å². The van der Waals surface area contributed by atoms with Crippen molar-refractivity contribution in [1.82, 2.24) is 9.80 Å². The molecule has 5 heteroatoms. The van der Waals surface area contributed by atoms with Crippen LogP contribution in [0.3, 0.4) is 0 Å². The molecule has 2 unspecified atom stereocenters. The van der Waals surface area contributed by atoms with Crippen molar-refractivity contribution >= 4 is 5.91 Å². The lowest BCUT2D eigenvalue weighted by molar-refractivity contribution is -0.150. The topological polar surface area (TPSA) is 42.0 Å². The summed E-state index contributed by atoms with van der Waals surface area (Å²) in [5.74, 6) is 1.08. The van der Waals surface area contributed by atoms with Crippen LogP contribution in [0.2, 0.25) is 0 Å². The van der Waals surface area contributed by atoms with Gasteiger partial charge in [0.15, 0.2) is 0 Å². The Bertz CT molecular complexity index is 544. The minimum Gasteiger partial charge on any atom is -0.497 e. The fourth-order valence-electron chi connectivity index (χ4n) is 3.83. The van der Waals surface area contributed by atoms with E-state index in [2.05, 4.69) is 9.80 Å². The molecule has 1 saturated heterocycles. The van der Waals surface area contributed by atoms with Gasteiger partial charge < -0.3 is 14.4 Å². The summed E-state index contributed by atoms with van der Waals surface area (Å²) in [6.07, 6.45) is 4.86. The number of carbonyl (C=O) groups is 1. The number of likely N-dealkylation sites (N-methyl/N-ethyl adjacent to an activating group) is 1. The van der Waals surface area contributed by atoms with Crippen molar-refractivity contribution in [2.75, 3.05) is 33.9 Å². The Morgan fingerprint density at radius 2 is 2.04 bits per heavy atom. The lowest BCUT2D eigenvalue weighted by Crippen LogP contribution is -2.56. The quantitative estimate of drug-likeness (QED) is 0.830. The third-order valence-corrected chi connectivity index (χ3v) is 5.07. The molecule has 0 radical (unpaired) electrons. The molecule has 0 aromatic heterocycles. The van der Waals surface area contributed by atoms with Gasteiger partial charge in [-0.3, -0.25) is 9.69 Å². The number of rotatable bonds is 5. The molecule has 2 atom stereocenters. The zero-order chi connectivity index (χ0) is 16.9. The molecule has 1 aliphatic heterocycles. The molecular formula is C19H28N2O3. The third-order valence-electron chi connectivity index (χ3n) is 5.07. The van der Waals surface area contributed by atoms with Gasteiger partial charge in [-0.05, 0) is 37.6 Å². The average Bonchev–Trinajstić information content (AvgIpc) is 2.61. The molecule has 1 heterocycles. The second-order valence-electron chi connectivity index (χ2n) is 6.87. The van der Waals surface area contributed by atoms with Gasteiger partial charge in [-0.2, -0.15) is 0 Å². The van der Waals surface area contributed by atoms with E-state index in [1.165, 1.54) is 18.4 Å². The molecule has 1 aliphatic carbocycles. The number of fused-ring (bicyclic) bond motifs is 1. The first-order valence-corrected chi connectivity index (χ1v) is 8.90. The van der Waals surface area contributed by atoms with Crippen LogP contribution in [0.4, 0.5) is 0 Å². The standard InChI is InChI=1S/C19H28N2O3/c1-20(13-15-7-9-16(23-2)10-8-15)14-19(22)21-11-12-24-18-6-4-3-5-17(18)21/h7-10,17-18H,3-6,11-14H2,1-2H3. The molecule has 1 aromatic rings. The Morgan fingerprint density at radius 1 is 1.29 bits per heavy atom. The minimum absolute atomic E-state index is 0.228. The number of benzene rings is 1. The van der Waals surface area contributed by atoms with Crippen LogP contribution in [-0.4, -0.2) is 61.7 Å². The van der Waals surface area contributed by atoms with E-state index in [1.807, 2.05) is 31.3 Å². The lowest BCUT2D eigenvalue weighted by atomic mass is 9.90. The van der Waals surface area contributed by atoms with Gasteiger partial charge in [-0.15, -0.1) is 0 Å². The molecule has 1 aromatic carbocycles. The number of methoxy groups -OCH3 is 1. The molecule has 1 amide bonds. The summed E-state index contributed by atoms with van der Waals surface area (Å²) in [7, 11) is 3.67. The van der Waals surface area contributed by atoms with Crippen molar-refractivity contribution in [2.45, 2.75) is 44.4 Å². The van der Waals surface area contributed by atoms with Gasteiger partial charge in [0.1, 0.15) is 5.75 Å². The number of hydrogen-bond donors (Lipinski definition) is 0. The van der Waals surface area contributed by atoms with E-state index < -0.39 is 0 Å². The minimum atomic E-state index is 0.228. The van der Waals surface area contributed by atoms with Gasteiger partial charge in [0.05, 0.1) is 32.4 Å². The van der Waals surface area contributed by atoms with Gasteiger partial charge in [-0.25, -0.2) is 0 Å².